The van der Waals surface area contributed by atoms with Crippen molar-refractivity contribution in [3.8, 4) is 0 Å². The van der Waals surface area contributed by atoms with Crippen molar-refractivity contribution in [1.82, 2.24) is 20.9 Å². The molecular weight excluding hydrogens is 514 g/mol. The third-order valence-corrected chi connectivity index (χ3v) is 5.52. The van der Waals surface area contributed by atoms with Crippen LogP contribution in [0.3, 0.4) is 0 Å². The van der Waals surface area contributed by atoms with E-state index < -0.39 is 48.5 Å². The van der Waals surface area contributed by atoms with E-state index in [1.165, 1.54) is 19.2 Å². The molecule has 0 heterocycles. The van der Waals surface area contributed by atoms with Crippen LogP contribution < -0.4 is 27.0 Å². The van der Waals surface area contributed by atoms with Crippen molar-refractivity contribution in [1.29, 1.82) is 0 Å². The first-order valence-corrected chi connectivity index (χ1v) is 12.0. The summed E-state index contributed by atoms with van der Waals surface area (Å²) in [7, 11) is 1.36. The number of hydrogen-bond acceptors (Lipinski definition) is 7. The zero-order valence-electron chi connectivity index (χ0n) is 22.0. The number of carbonyl (C=O) groups excluding carboxylic acids is 4. The van der Waals surface area contributed by atoms with Gasteiger partial charge in [-0.3, -0.25) is 14.4 Å². The quantitative estimate of drug-likeness (QED) is 0.0709. The number of rotatable bonds is 15. The number of nitrogens with zero attached hydrogens (tertiary/aromatic N) is 4. The lowest BCUT2D eigenvalue weighted by Gasteiger charge is -2.25. The van der Waals surface area contributed by atoms with Crippen LogP contribution in [0.1, 0.15) is 37.8 Å². The molecule has 0 bridgehead atoms. The number of azide groups is 1. The molecule has 39 heavy (non-hydrogen) atoms. The topological polar surface area (TPSA) is 252 Å². The largest absolute Gasteiger partial charge is 0.465 e. The maximum absolute atomic E-state index is 13.2. The van der Waals surface area contributed by atoms with Crippen LogP contribution >= 0.6 is 0 Å². The van der Waals surface area contributed by atoms with Gasteiger partial charge >= 0.3 is 12.1 Å². The SMILES string of the molecule is CC(C)[C@H](NC(=O)CN=[N+]=[N-])C(=O)N[C@@H](CCCNC(N)=O)C(=O)Nc1ccc(CO)c(CN(C)C(=O)O)c1. The summed E-state index contributed by atoms with van der Waals surface area (Å²) in [5.74, 6) is -2.31. The normalized spacial score (nSPS) is 11.9. The van der Waals surface area contributed by atoms with Gasteiger partial charge < -0.3 is 42.1 Å². The third-order valence-electron chi connectivity index (χ3n) is 5.52. The van der Waals surface area contributed by atoms with Gasteiger partial charge in [0.05, 0.1) is 6.61 Å². The van der Waals surface area contributed by atoms with Crippen molar-refractivity contribution in [2.24, 2.45) is 16.8 Å². The van der Waals surface area contributed by atoms with Gasteiger partial charge in [-0.25, -0.2) is 9.59 Å². The van der Waals surface area contributed by atoms with Gasteiger partial charge in [-0.15, -0.1) is 0 Å². The molecule has 1 aromatic rings. The molecule has 0 fully saturated rings. The molecule has 2 atom stereocenters. The molecule has 0 aromatic heterocycles. The molecule has 16 nitrogen and oxygen atoms in total. The Morgan fingerprint density at radius 1 is 1.13 bits per heavy atom. The summed E-state index contributed by atoms with van der Waals surface area (Å²) in [6.07, 6.45) is -0.805. The highest BCUT2D eigenvalue weighted by atomic mass is 16.4. The van der Waals surface area contributed by atoms with Gasteiger partial charge in [0, 0.05) is 30.7 Å². The lowest BCUT2D eigenvalue weighted by molar-refractivity contribution is -0.131. The smallest absolute Gasteiger partial charge is 0.407 e. The first-order chi connectivity index (χ1) is 18.4. The van der Waals surface area contributed by atoms with Crippen molar-refractivity contribution in [2.45, 2.75) is 51.9 Å². The second-order valence-corrected chi connectivity index (χ2v) is 8.94. The number of carbonyl (C=O) groups is 5. The van der Waals surface area contributed by atoms with E-state index in [1.54, 1.807) is 19.9 Å². The van der Waals surface area contributed by atoms with Gasteiger partial charge in [0.25, 0.3) is 0 Å². The number of aliphatic hydroxyl groups is 1. The van der Waals surface area contributed by atoms with Crippen molar-refractivity contribution >= 4 is 35.5 Å². The molecule has 0 aliphatic rings. The monoisotopic (exact) mass is 549 g/mol. The number of benzene rings is 1. The summed E-state index contributed by atoms with van der Waals surface area (Å²) in [5, 5.41) is 32.1. The molecule has 0 spiro atoms. The highest BCUT2D eigenvalue weighted by Gasteiger charge is 2.28. The van der Waals surface area contributed by atoms with E-state index in [4.69, 9.17) is 16.4 Å². The number of nitrogens with two attached hydrogens (primary N) is 1. The summed E-state index contributed by atoms with van der Waals surface area (Å²) in [6.45, 7) is 2.62. The Balaban J connectivity index is 3.12. The lowest BCUT2D eigenvalue weighted by atomic mass is 10.0. The lowest BCUT2D eigenvalue weighted by Crippen LogP contribution is -2.55. The van der Waals surface area contributed by atoms with Crippen molar-refractivity contribution in [3.05, 3.63) is 39.8 Å². The molecular formula is C23H35N9O7. The molecule has 6 amide bonds. The Kier molecular flexibility index (Phi) is 13.6. The summed E-state index contributed by atoms with van der Waals surface area (Å²) < 4.78 is 0. The Morgan fingerprint density at radius 3 is 2.38 bits per heavy atom. The van der Waals surface area contributed by atoms with Crippen LogP contribution in [0.5, 0.6) is 0 Å². The number of amides is 6. The van der Waals surface area contributed by atoms with Gasteiger partial charge in [0.1, 0.15) is 18.6 Å². The minimum Gasteiger partial charge on any atom is -0.465 e. The predicted molar refractivity (Wildman–Crippen MR) is 140 cm³/mol. The minimum absolute atomic E-state index is 0.0422. The van der Waals surface area contributed by atoms with Crippen molar-refractivity contribution < 1.29 is 34.2 Å². The van der Waals surface area contributed by atoms with Gasteiger partial charge in [-0.1, -0.05) is 25.0 Å². The molecule has 1 aromatic carbocycles. The number of primary amides is 1. The zero-order chi connectivity index (χ0) is 29.5. The standard InChI is InChI=1S/C23H35N9O7/c1-13(2)19(30-18(34)10-27-31-25)21(36)29-17(5-4-8-26-22(24)37)20(35)28-16-7-6-14(12-33)15(9-16)11-32(3)23(38)39/h6-7,9,13,17,19,33H,4-5,8,10-12H2,1-3H3,(H,28,35)(H,29,36)(H,30,34)(H,38,39)(H3,24,26,37)/t17-,19-/m0/s1. The number of hydrogen-bond donors (Lipinski definition) is 7. The number of nitrogens with one attached hydrogen (secondary N) is 4. The van der Waals surface area contributed by atoms with E-state index in [0.717, 1.165) is 4.90 Å². The maximum atomic E-state index is 13.2. The van der Waals surface area contributed by atoms with Gasteiger partial charge in [0.15, 0.2) is 0 Å². The van der Waals surface area contributed by atoms with Crippen LogP contribution in [0.25, 0.3) is 10.4 Å². The molecule has 0 aliphatic heterocycles. The van der Waals surface area contributed by atoms with Crippen LogP contribution in [-0.4, -0.2) is 77.2 Å². The minimum atomic E-state index is -1.17. The van der Waals surface area contributed by atoms with Crippen LogP contribution in [-0.2, 0) is 27.5 Å². The van der Waals surface area contributed by atoms with E-state index in [9.17, 15) is 29.1 Å². The van der Waals surface area contributed by atoms with Gasteiger partial charge in [0.2, 0.25) is 17.7 Å². The summed E-state index contributed by atoms with van der Waals surface area (Å²) >= 11 is 0. The maximum Gasteiger partial charge on any atom is 0.407 e. The van der Waals surface area contributed by atoms with Crippen LogP contribution in [0.4, 0.5) is 15.3 Å². The highest BCUT2D eigenvalue weighted by Crippen LogP contribution is 2.19. The Morgan fingerprint density at radius 2 is 1.82 bits per heavy atom. The highest BCUT2D eigenvalue weighted by molar-refractivity contribution is 5.98. The average molecular weight is 550 g/mol. The first-order valence-electron chi connectivity index (χ1n) is 12.0. The molecule has 1 rings (SSSR count). The molecule has 16 heteroatoms. The summed E-state index contributed by atoms with van der Waals surface area (Å²) in [4.78, 5) is 64.0. The van der Waals surface area contributed by atoms with E-state index in [-0.39, 0.29) is 38.5 Å². The number of anilines is 1. The van der Waals surface area contributed by atoms with E-state index in [0.29, 0.717) is 16.8 Å². The second kappa shape index (κ2) is 16.3. The van der Waals surface area contributed by atoms with Gasteiger partial charge in [-0.2, -0.15) is 0 Å². The van der Waals surface area contributed by atoms with Crippen LogP contribution in [0.15, 0.2) is 23.3 Å². The number of urea groups is 1. The van der Waals surface area contributed by atoms with Crippen LogP contribution in [0, 0.1) is 5.92 Å². The molecule has 0 saturated carbocycles. The fourth-order valence-corrected chi connectivity index (χ4v) is 3.46. The summed E-state index contributed by atoms with van der Waals surface area (Å²) in [6, 6.07) is 1.71. The molecule has 0 aliphatic carbocycles. The van der Waals surface area contributed by atoms with E-state index in [2.05, 4.69) is 31.3 Å². The molecule has 8 N–H and O–H groups in total. The Bertz CT molecular complexity index is 1090. The second-order valence-electron chi connectivity index (χ2n) is 8.94. The van der Waals surface area contributed by atoms with Crippen LogP contribution in [0.2, 0.25) is 0 Å². The zero-order valence-corrected chi connectivity index (χ0v) is 22.0. The molecule has 214 valence electrons. The van der Waals surface area contributed by atoms with E-state index >= 15 is 0 Å². The fraction of sp³-hybridized carbons (Fsp3) is 0.522. The average Bonchev–Trinajstić information content (AvgIpc) is 2.87. The van der Waals surface area contributed by atoms with Crippen molar-refractivity contribution in [3.63, 3.8) is 0 Å². The number of carboxylic acid groups (broad SMARTS) is 1. The molecule has 0 saturated heterocycles. The summed E-state index contributed by atoms with van der Waals surface area (Å²) in [5.41, 5.74) is 14.7. The molecule has 0 unspecified atom stereocenters. The third kappa shape index (κ3) is 11.6. The predicted octanol–water partition coefficient (Wildman–Crippen LogP) is 0.612. The Labute approximate surface area is 224 Å². The Hall–Kier alpha value is -4.56. The number of aliphatic hydroxyl groups excluding tert-OH is 1. The first kappa shape index (κ1) is 32.5. The van der Waals surface area contributed by atoms with Crippen molar-refractivity contribution in [2.75, 3.05) is 25.5 Å². The van der Waals surface area contributed by atoms with E-state index in [1.807, 2.05) is 0 Å². The fourth-order valence-electron chi connectivity index (χ4n) is 3.46. The van der Waals surface area contributed by atoms with Gasteiger partial charge in [-0.05, 0) is 47.6 Å². The molecule has 0 radical (unpaired) electrons.